The highest BCUT2D eigenvalue weighted by atomic mass is 16.5. The monoisotopic (exact) mass is 958 g/mol. The number of allylic oxidation sites excluding steroid dienone is 3. The molecule has 0 aliphatic carbocycles. The van der Waals surface area contributed by atoms with Gasteiger partial charge >= 0.3 is 5.97 Å². The number of rotatable bonds is 57. The fourth-order valence-corrected chi connectivity index (χ4v) is 9.51. The molecule has 0 aliphatic heterocycles. The van der Waals surface area contributed by atoms with Gasteiger partial charge in [-0.3, -0.25) is 9.59 Å². The molecular weight excluding hydrogens is 839 g/mol. The van der Waals surface area contributed by atoms with Crippen LogP contribution in [0, 0.1) is 0 Å². The Morgan fingerprint density at radius 3 is 1.04 bits per heavy atom. The molecule has 0 aromatic rings. The summed E-state index contributed by atoms with van der Waals surface area (Å²) >= 11 is 0. The molecule has 6 heteroatoms. The van der Waals surface area contributed by atoms with Crippen molar-refractivity contribution in [2.45, 2.75) is 347 Å². The molecule has 6 nitrogen and oxygen atoms in total. The predicted octanol–water partition coefficient (Wildman–Crippen LogP) is 19.0. The topological polar surface area (TPSA) is 95.9 Å². The van der Waals surface area contributed by atoms with Gasteiger partial charge in [-0.15, -0.1) is 0 Å². The smallest absolute Gasteiger partial charge is 0.305 e. The molecule has 2 unspecified atom stereocenters. The van der Waals surface area contributed by atoms with E-state index in [0.717, 1.165) is 64.2 Å². The van der Waals surface area contributed by atoms with E-state index in [9.17, 15) is 19.8 Å². The number of aliphatic hydroxyl groups excluding tert-OH is 2. The highest BCUT2D eigenvalue weighted by molar-refractivity contribution is 5.76. The average Bonchev–Trinajstić information content (AvgIpc) is 3.34. The molecule has 0 saturated carbocycles. The van der Waals surface area contributed by atoms with E-state index >= 15 is 0 Å². The van der Waals surface area contributed by atoms with Crippen LogP contribution in [-0.4, -0.2) is 47.4 Å². The van der Waals surface area contributed by atoms with E-state index in [0.29, 0.717) is 19.4 Å². The Balaban J connectivity index is 3.48. The van der Waals surface area contributed by atoms with Crippen molar-refractivity contribution in [3.05, 3.63) is 24.3 Å². The number of hydrogen-bond donors (Lipinski definition) is 3. The summed E-state index contributed by atoms with van der Waals surface area (Å²) in [6.07, 6.45) is 70.6. The second-order valence-corrected chi connectivity index (χ2v) is 21.0. The van der Waals surface area contributed by atoms with E-state index in [1.54, 1.807) is 6.08 Å². The van der Waals surface area contributed by atoms with Crippen molar-refractivity contribution in [1.82, 2.24) is 5.32 Å². The van der Waals surface area contributed by atoms with Crippen molar-refractivity contribution in [1.29, 1.82) is 0 Å². The normalized spacial score (nSPS) is 12.7. The zero-order valence-corrected chi connectivity index (χ0v) is 45.9. The van der Waals surface area contributed by atoms with E-state index in [1.807, 2.05) is 6.08 Å². The fourth-order valence-electron chi connectivity index (χ4n) is 9.51. The van der Waals surface area contributed by atoms with Gasteiger partial charge in [-0.25, -0.2) is 0 Å². The summed E-state index contributed by atoms with van der Waals surface area (Å²) in [7, 11) is 0. The number of carbonyl (C=O) groups is 2. The van der Waals surface area contributed by atoms with E-state index in [1.165, 1.54) is 244 Å². The number of hydrogen-bond acceptors (Lipinski definition) is 5. The molecule has 0 aromatic heterocycles. The Bertz CT molecular complexity index is 1060. The van der Waals surface area contributed by atoms with Gasteiger partial charge in [0.05, 0.1) is 25.4 Å². The number of unbranched alkanes of at least 4 members (excludes halogenated alkanes) is 44. The Labute approximate surface area is 424 Å². The van der Waals surface area contributed by atoms with Crippen LogP contribution in [0.5, 0.6) is 0 Å². The number of esters is 1. The Morgan fingerprint density at radius 2 is 0.691 bits per heavy atom. The van der Waals surface area contributed by atoms with Gasteiger partial charge in [0.15, 0.2) is 0 Å². The maximum absolute atomic E-state index is 12.5. The summed E-state index contributed by atoms with van der Waals surface area (Å²) in [6.45, 7) is 4.91. The van der Waals surface area contributed by atoms with Crippen LogP contribution in [0.15, 0.2) is 24.3 Å². The van der Waals surface area contributed by atoms with Crippen molar-refractivity contribution in [2.75, 3.05) is 13.2 Å². The highest BCUT2D eigenvalue weighted by Gasteiger charge is 2.18. The van der Waals surface area contributed by atoms with Gasteiger partial charge in [0, 0.05) is 12.8 Å². The largest absolute Gasteiger partial charge is 0.466 e. The van der Waals surface area contributed by atoms with Crippen molar-refractivity contribution >= 4 is 11.9 Å². The first-order chi connectivity index (χ1) is 33.5. The first kappa shape index (κ1) is 66.3. The third-order valence-electron chi connectivity index (χ3n) is 14.2. The van der Waals surface area contributed by atoms with Gasteiger partial charge in [-0.05, 0) is 57.8 Å². The molecule has 402 valence electrons. The van der Waals surface area contributed by atoms with Crippen LogP contribution in [0.25, 0.3) is 0 Å². The Morgan fingerprint density at radius 1 is 0.397 bits per heavy atom. The Kier molecular flexibility index (Phi) is 56.5. The molecule has 0 saturated heterocycles. The molecule has 0 fully saturated rings. The second-order valence-electron chi connectivity index (χ2n) is 21.0. The molecule has 0 rings (SSSR count). The van der Waals surface area contributed by atoms with Crippen LogP contribution in [0.1, 0.15) is 335 Å². The van der Waals surface area contributed by atoms with Gasteiger partial charge < -0.3 is 20.3 Å². The quantitative estimate of drug-likeness (QED) is 0.0321. The molecule has 3 N–H and O–H groups in total. The van der Waals surface area contributed by atoms with Gasteiger partial charge in [-0.2, -0.15) is 0 Å². The molecule has 1 amide bonds. The highest BCUT2D eigenvalue weighted by Crippen LogP contribution is 2.17. The summed E-state index contributed by atoms with van der Waals surface area (Å²) in [5.74, 6) is -0.0823. The first-order valence-corrected chi connectivity index (χ1v) is 30.6. The summed E-state index contributed by atoms with van der Waals surface area (Å²) in [4.78, 5) is 24.5. The van der Waals surface area contributed by atoms with Gasteiger partial charge in [0.2, 0.25) is 5.91 Å². The van der Waals surface area contributed by atoms with Crippen molar-refractivity contribution in [2.24, 2.45) is 0 Å². The van der Waals surface area contributed by atoms with E-state index in [2.05, 4.69) is 31.3 Å². The third-order valence-corrected chi connectivity index (χ3v) is 14.2. The maximum Gasteiger partial charge on any atom is 0.305 e. The number of carbonyl (C=O) groups excluding carboxylic acids is 2. The lowest BCUT2D eigenvalue weighted by molar-refractivity contribution is -0.143. The molecule has 0 heterocycles. The minimum absolute atomic E-state index is 0.0000647. The van der Waals surface area contributed by atoms with Crippen LogP contribution >= 0.6 is 0 Å². The summed E-state index contributed by atoms with van der Waals surface area (Å²) in [6, 6.07) is -0.640. The molecule has 0 radical (unpaired) electrons. The number of nitrogens with one attached hydrogen (secondary N) is 1. The molecule has 0 aliphatic rings. The molecule has 2 atom stereocenters. The van der Waals surface area contributed by atoms with Crippen LogP contribution in [0.3, 0.4) is 0 Å². The second kappa shape index (κ2) is 57.9. The van der Waals surface area contributed by atoms with E-state index in [-0.39, 0.29) is 18.5 Å². The van der Waals surface area contributed by atoms with Gasteiger partial charge in [0.1, 0.15) is 0 Å². The zero-order valence-electron chi connectivity index (χ0n) is 45.9. The lowest BCUT2D eigenvalue weighted by Gasteiger charge is -2.20. The lowest BCUT2D eigenvalue weighted by Crippen LogP contribution is -2.45. The molecule has 0 bridgehead atoms. The van der Waals surface area contributed by atoms with Crippen molar-refractivity contribution < 1.29 is 24.5 Å². The number of aliphatic hydroxyl groups is 2. The minimum atomic E-state index is -0.855. The third kappa shape index (κ3) is 53.7. The Hall–Kier alpha value is -1.66. The fraction of sp³-hybridized carbons (Fsp3) is 0.903. The molecule has 68 heavy (non-hydrogen) atoms. The standard InChI is InChI=1S/C62H119NO5/c1-3-5-7-9-11-13-15-17-19-21-22-23-26-30-34-38-42-46-50-54-60(65)59(58-64)63-61(66)55-51-47-43-39-35-31-27-24-25-29-33-37-41-45-49-53-57-68-62(67)56-52-48-44-40-36-32-28-20-18-16-14-12-10-8-6-4-2/h24,27,50,54,59-60,64-65H,3-23,25-26,28-49,51-53,55-58H2,1-2H3,(H,63,66)/b27-24-,54-50+. The average molecular weight is 959 g/mol. The SMILES string of the molecule is CCCCCCCCCCCCCCCCCCC/C=C/C(O)C(CO)NC(=O)CCCCCCC/C=C\CCCCCCCCCOC(=O)CCCCCCCCCCCCCCCCCC. The zero-order chi connectivity index (χ0) is 49.3. The molecule has 0 spiro atoms. The lowest BCUT2D eigenvalue weighted by atomic mass is 10.0. The number of amides is 1. The van der Waals surface area contributed by atoms with E-state index in [4.69, 9.17) is 4.74 Å². The minimum Gasteiger partial charge on any atom is -0.466 e. The van der Waals surface area contributed by atoms with Crippen molar-refractivity contribution in [3.63, 3.8) is 0 Å². The summed E-state index contributed by atoms with van der Waals surface area (Å²) in [5.41, 5.74) is 0. The summed E-state index contributed by atoms with van der Waals surface area (Å²) < 4.78 is 5.48. The van der Waals surface area contributed by atoms with E-state index < -0.39 is 12.1 Å². The van der Waals surface area contributed by atoms with Gasteiger partial charge in [0.25, 0.3) is 0 Å². The van der Waals surface area contributed by atoms with Crippen molar-refractivity contribution in [3.8, 4) is 0 Å². The first-order valence-electron chi connectivity index (χ1n) is 30.6. The van der Waals surface area contributed by atoms with Crippen LogP contribution in [0.4, 0.5) is 0 Å². The summed E-state index contributed by atoms with van der Waals surface area (Å²) in [5, 5.41) is 23.2. The van der Waals surface area contributed by atoms with Gasteiger partial charge in [-0.1, -0.05) is 289 Å². The molecular formula is C62H119NO5. The van der Waals surface area contributed by atoms with Crippen LogP contribution < -0.4 is 5.32 Å². The number of ether oxygens (including phenoxy) is 1. The van der Waals surface area contributed by atoms with Crippen LogP contribution in [-0.2, 0) is 14.3 Å². The van der Waals surface area contributed by atoms with Crippen LogP contribution in [0.2, 0.25) is 0 Å². The molecule has 0 aromatic carbocycles. The predicted molar refractivity (Wildman–Crippen MR) is 296 cm³/mol. The maximum atomic E-state index is 12.5.